The van der Waals surface area contributed by atoms with E-state index in [1.54, 1.807) is 9.80 Å². The van der Waals surface area contributed by atoms with Gasteiger partial charge in [-0.25, -0.2) is 4.79 Å². The minimum atomic E-state index is -0.271. The Labute approximate surface area is 221 Å². The third-order valence-electron chi connectivity index (χ3n) is 6.51. The van der Waals surface area contributed by atoms with Crippen molar-refractivity contribution < 1.29 is 14.0 Å². The van der Waals surface area contributed by atoms with E-state index < -0.39 is 0 Å². The highest BCUT2D eigenvalue weighted by molar-refractivity contribution is 5.94. The van der Waals surface area contributed by atoms with Crippen LogP contribution in [-0.4, -0.2) is 34.3 Å². The van der Waals surface area contributed by atoms with Crippen molar-refractivity contribution in [1.82, 2.24) is 9.80 Å². The molecule has 37 heavy (non-hydrogen) atoms. The molecule has 0 unspecified atom stereocenters. The van der Waals surface area contributed by atoms with Gasteiger partial charge in [0.2, 0.25) is 5.91 Å². The molecule has 0 aliphatic rings. The van der Waals surface area contributed by atoms with Crippen LogP contribution in [0.1, 0.15) is 81.6 Å². The fourth-order valence-corrected chi connectivity index (χ4v) is 4.40. The van der Waals surface area contributed by atoms with Crippen LogP contribution in [0, 0.1) is 6.92 Å². The van der Waals surface area contributed by atoms with E-state index in [0.29, 0.717) is 13.1 Å². The third kappa shape index (κ3) is 7.48. The Morgan fingerprint density at radius 2 is 1.43 bits per heavy atom. The van der Waals surface area contributed by atoms with Gasteiger partial charge in [-0.05, 0) is 61.4 Å². The standard InChI is InChI=1S/C31H41N3O3/c1-21(2)27-14-11-15-28(22(3)4)30(27)32-31(36)34(23(5)6)20-29(35)33(18-25-12-9-8-10-13-25)19-26-17-16-24(7)37-26/h8-17,21-23H,18-20H2,1-7H3,(H,32,36). The monoisotopic (exact) mass is 503 g/mol. The second-order valence-electron chi connectivity index (χ2n) is 10.5. The first kappa shape index (κ1) is 28.0. The number of anilines is 1. The maximum absolute atomic E-state index is 13.6. The predicted molar refractivity (Wildman–Crippen MR) is 150 cm³/mol. The fourth-order valence-electron chi connectivity index (χ4n) is 4.40. The maximum Gasteiger partial charge on any atom is 0.322 e. The van der Waals surface area contributed by atoms with E-state index in [4.69, 9.17) is 4.42 Å². The fraction of sp³-hybridized carbons (Fsp3) is 0.419. The highest BCUT2D eigenvalue weighted by atomic mass is 16.3. The Kier molecular flexibility index (Phi) is 9.56. The van der Waals surface area contributed by atoms with Crippen molar-refractivity contribution in [2.24, 2.45) is 0 Å². The highest BCUT2D eigenvalue weighted by Gasteiger charge is 2.26. The molecule has 0 bridgehead atoms. The summed E-state index contributed by atoms with van der Waals surface area (Å²) in [6, 6.07) is 19.4. The highest BCUT2D eigenvalue weighted by Crippen LogP contribution is 2.32. The van der Waals surface area contributed by atoms with Crippen molar-refractivity contribution in [3.05, 3.63) is 88.9 Å². The van der Waals surface area contributed by atoms with Gasteiger partial charge in [0, 0.05) is 18.3 Å². The van der Waals surface area contributed by atoms with Crippen molar-refractivity contribution in [2.45, 2.75) is 79.4 Å². The van der Waals surface area contributed by atoms with Gasteiger partial charge in [0.1, 0.15) is 18.1 Å². The van der Waals surface area contributed by atoms with Crippen LogP contribution in [0.25, 0.3) is 0 Å². The zero-order valence-corrected chi connectivity index (χ0v) is 23.2. The van der Waals surface area contributed by atoms with Crippen molar-refractivity contribution in [3.8, 4) is 0 Å². The van der Waals surface area contributed by atoms with E-state index in [1.807, 2.05) is 69.3 Å². The van der Waals surface area contributed by atoms with Crippen molar-refractivity contribution in [3.63, 3.8) is 0 Å². The summed E-state index contributed by atoms with van der Waals surface area (Å²) < 4.78 is 5.77. The quantitative estimate of drug-likeness (QED) is 0.315. The number of benzene rings is 2. The van der Waals surface area contributed by atoms with Crippen molar-refractivity contribution in [2.75, 3.05) is 11.9 Å². The van der Waals surface area contributed by atoms with Crippen LogP contribution in [0.3, 0.4) is 0 Å². The summed E-state index contributed by atoms with van der Waals surface area (Å²) >= 11 is 0. The number of urea groups is 1. The first-order valence-electron chi connectivity index (χ1n) is 13.1. The van der Waals surface area contributed by atoms with Crippen LogP contribution >= 0.6 is 0 Å². The maximum atomic E-state index is 13.6. The summed E-state index contributed by atoms with van der Waals surface area (Å²) in [6.07, 6.45) is 0. The predicted octanol–water partition coefficient (Wildman–Crippen LogP) is 7.31. The molecule has 0 radical (unpaired) electrons. The summed E-state index contributed by atoms with van der Waals surface area (Å²) in [4.78, 5) is 30.6. The summed E-state index contributed by atoms with van der Waals surface area (Å²) in [5.74, 6) is 1.88. The molecule has 0 spiro atoms. The average Bonchev–Trinajstić information content (AvgIpc) is 3.26. The largest absolute Gasteiger partial charge is 0.464 e. The van der Waals surface area contributed by atoms with E-state index in [-0.39, 0.29) is 36.4 Å². The van der Waals surface area contributed by atoms with Gasteiger partial charge >= 0.3 is 6.03 Å². The lowest BCUT2D eigenvalue weighted by Gasteiger charge is -2.31. The second kappa shape index (κ2) is 12.6. The van der Waals surface area contributed by atoms with Crippen LogP contribution in [0.5, 0.6) is 0 Å². The molecule has 6 heteroatoms. The SMILES string of the molecule is Cc1ccc(CN(Cc2ccccc2)C(=O)CN(C(=O)Nc2c(C(C)C)cccc2C(C)C)C(C)C)o1. The van der Waals surface area contributed by atoms with Crippen molar-refractivity contribution in [1.29, 1.82) is 0 Å². The summed E-state index contributed by atoms with van der Waals surface area (Å²) in [5, 5.41) is 3.17. The first-order chi connectivity index (χ1) is 17.6. The number of hydrogen-bond donors (Lipinski definition) is 1. The number of carbonyl (C=O) groups is 2. The van der Waals surface area contributed by atoms with Gasteiger partial charge in [0.05, 0.1) is 6.54 Å². The molecule has 198 valence electrons. The normalized spacial score (nSPS) is 11.3. The number of para-hydroxylation sites is 1. The molecule has 1 N–H and O–H groups in total. The van der Waals surface area contributed by atoms with E-state index >= 15 is 0 Å². The first-order valence-corrected chi connectivity index (χ1v) is 13.1. The number of nitrogens with zero attached hydrogens (tertiary/aromatic N) is 2. The molecule has 1 heterocycles. The molecule has 3 aromatic rings. The Morgan fingerprint density at radius 1 is 0.811 bits per heavy atom. The van der Waals surface area contributed by atoms with Crippen LogP contribution in [0.2, 0.25) is 0 Å². The smallest absolute Gasteiger partial charge is 0.322 e. The minimum absolute atomic E-state index is 0.0309. The zero-order valence-electron chi connectivity index (χ0n) is 23.2. The van der Waals surface area contributed by atoms with E-state index in [9.17, 15) is 9.59 Å². The molecule has 2 aromatic carbocycles. The molecule has 0 saturated heterocycles. The molecule has 1 aromatic heterocycles. The number of furan rings is 1. The van der Waals surface area contributed by atoms with E-state index in [2.05, 4.69) is 45.1 Å². The number of hydrogen-bond acceptors (Lipinski definition) is 3. The Bertz CT molecular complexity index is 1160. The van der Waals surface area contributed by atoms with E-state index in [1.165, 1.54) is 0 Å². The van der Waals surface area contributed by atoms with Crippen LogP contribution in [0.15, 0.2) is 65.1 Å². The van der Waals surface area contributed by atoms with Gasteiger partial charge in [-0.1, -0.05) is 76.2 Å². The Hall–Kier alpha value is -3.54. The lowest BCUT2D eigenvalue weighted by molar-refractivity contribution is -0.133. The number of nitrogens with one attached hydrogen (secondary N) is 1. The number of carbonyl (C=O) groups excluding carboxylic acids is 2. The molecule has 0 saturated carbocycles. The van der Waals surface area contributed by atoms with Gasteiger partial charge < -0.3 is 19.5 Å². The molecular formula is C31H41N3O3. The second-order valence-corrected chi connectivity index (χ2v) is 10.5. The minimum Gasteiger partial charge on any atom is -0.464 e. The summed E-state index contributed by atoms with van der Waals surface area (Å²) in [7, 11) is 0. The van der Waals surface area contributed by atoms with Gasteiger partial charge in [-0.3, -0.25) is 4.79 Å². The van der Waals surface area contributed by atoms with Crippen molar-refractivity contribution >= 4 is 17.6 Å². The molecule has 0 fully saturated rings. The van der Waals surface area contributed by atoms with Gasteiger partial charge in [0.25, 0.3) is 0 Å². The number of aryl methyl sites for hydroxylation is 1. The molecular weight excluding hydrogens is 462 g/mol. The van der Waals surface area contributed by atoms with Crippen LogP contribution in [0.4, 0.5) is 10.5 Å². The number of amides is 3. The topological polar surface area (TPSA) is 65.8 Å². The lowest BCUT2D eigenvalue weighted by atomic mass is 9.93. The Morgan fingerprint density at radius 3 is 1.95 bits per heavy atom. The molecule has 6 nitrogen and oxygen atoms in total. The molecule has 0 atom stereocenters. The summed E-state index contributed by atoms with van der Waals surface area (Å²) in [5.41, 5.74) is 4.05. The Balaban J connectivity index is 1.84. The van der Waals surface area contributed by atoms with Gasteiger partial charge in [0.15, 0.2) is 0 Å². The average molecular weight is 504 g/mol. The zero-order chi connectivity index (χ0) is 27.1. The molecule has 3 rings (SSSR count). The molecule has 0 aliphatic carbocycles. The molecule has 3 amide bonds. The number of rotatable bonds is 10. The van der Waals surface area contributed by atoms with Crippen LogP contribution < -0.4 is 5.32 Å². The van der Waals surface area contributed by atoms with Gasteiger partial charge in [-0.15, -0.1) is 0 Å². The lowest BCUT2D eigenvalue weighted by Crippen LogP contribution is -2.47. The third-order valence-corrected chi connectivity index (χ3v) is 6.51. The molecule has 0 aliphatic heterocycles. The van der Waals surface area contributed by atoms with E-state index in [0.717, 1.165) is 33.9 Å². The summed E-state index contributed by atoms with van der Waals surface area (Å²) in [6.45, 7) is 15.0. The van der Waals surface area contributed by atoms with Gasteiger partial charge in [-0.2, -0.15) is 0 Å². The van der Waals surface area contributed by atoms with Crippen LogP contribution in [-0.2, 0) is 17.9 Å².